The third-order valence-electron chi connectivity index (χ3n) is 4.89. The molecule has 0 spiro atoms. The zero-order valence-corrected chi connectivity index (χ0v) is 17.3. The van der Waals surface area contributed by atoms with Crippen molar-refractivity contribution in [3.05, 3.63) is 29.8 Å². The van der Waals surface area contributed by atoms with Crippen LogP contribution in [0.3, 0.4) is 0 Å². The molecule has 2 heterocycles. The summed E-state index contributed by atoms with van der Waals surface area (Å²) in [5, 5.41) is 0. The van der Waals surface area contributed by atoms with E-state index in [9.17, 15) is 18.0 Å². The Balaban J connectivity index is 1.58. The molecule has 2 aliphatic rings. The molecule has 2 atom stereocenters. The lowest BCUT2D eigenvalue weighted by atomic mass is 10.2. The highest BCUT2D eigenvalue weighted by atomic mass is 32.2. The van der Waals surface area contributed by atoms with E-state index < -0.39 is 27.8 Å². The van der Waals surface area contributed by atoms with Crippen molar-refractivity contribution in [1.82, 2.24) is 4.90 Å². The average molecular weight is 423 g/mol. The molecule has 3 rings (SSSR count). The van der Waals surface area contributed by atoms with Crippen LogP contribution in [0.1, 0.15) is 25.8 Å². The van der Waals surface area contributed by atoms with Crippen molar-refractivity contribution in [3.63, 3.8) is 0 Å². The molecule has 1 amide bonds. The topological polar surface area (TPSA) is 99.2 Å². The molecular weight excluding hydrogens is 398 g/mol. The number of nitrogens with zero attached hydrogens (tertiary/aromatic N) is 1. The van der Waals surface area contributed by atoms with Crippen LogP contribution in [-0.4, -0.2) is 68.6 Å². The molecule has 0 saturated carbocycles. The average Bonchev–Trinajstić information content (AvgIpc) is 3.06. The zero-order valence-electron chi connectivity index (χ0n) is 16.5. The summed E-state index contributed by atoms with van der Waals surface area (Å²) in [7, 11) is -3.11. The van der Waals surface area contributed by atoms with Gasteiger partial charge >= 0.3 is 5.97 Å². The summed E-state index contributed by atoms with van der Waals surface area (Å²) in [6, 6.07) is 4.93. The molecule has 0 aliphatic carbocycles. The number of likely N-dealkylation sites (N-methyl/N-ethyl adjacent to an activating group) is 1. The molecule has 0 unspecified atom stereocenters. The van der Waals surface area contributed by atoms with Crippen molar-refractivity contribution < 1.29 is 32.2 Å². The zero-order chi connectivity index (χ0) is 21.0. The Kier molecular flexibility index (Phi) is 6.46. The van der Waals surface area contributed by atoms with Gasteiger partial charge in [0, 0.05) is 18.7 Å². The van der Waals surface area contributed by atoms with Crippen LogP contribution in [-0.2, 0) is 24.2 Å². The second kappa shape index (κ2) is 8.86. The maximum absolute atomic E-state index is 12.6. The molecule has 158 valence electrons. The van der Waals surface area contributed by atoms with E-state index in [0.717, 1.165) is 5.56 Å². The van der Waals surface area contributed by atoms with Crippen molar-refractivity contribution in [1.29, 1.82) is 0 Å². The van der Waals surface area contributed by atoms with E-state index in [2.05, 4.69) is 0 Å². The third-order valence-corrected chi connectivity index (χ3v) is 6.64. The van der Waals surface area contributed by atoms with Crippen LogP contribution in [0.25, 0.3) is 6.08 Å². The SMILES string of the molecule is CCN(C(=O)[C@H](C)OC(=O)/C=C/c1ccc2c(c1)OCCO2)[C@H]1CCS(=O)(=O)C1. The second-order valence-electron chi connectivity index (χ2n) is 7.00. The normalized spacial score (nSPS) is 21.0. The van der Waals surface area contributed by atoms with E-state index in [0.29, 0.717) is 37.7 Å². The van der Waals surface area contributed by atoms with Crippen molar-refractivity contribution in [2.24, 2.45) is 0 Å². The molecule has 1 aromatic rings. The fraction of sp³-hybridized carbons (Fsp3) is 0.500. The Morgan fingerprint density at radius 2 is 2.00 bits per heavy atom. The molecular formula is C20H25NO7S. The minimum atomic E-state index is -3.11. The third kappa shape index (κ3) is 5.29. The van der Waals surface area contributed by atoms with Crippen molar-refractivity contribution in [3.8, 4) is 11.5 Å². The van der Waals surface area contributed by atoms with Crippen LogP contribution in [0.5, 0.6) is 11.5 Å². The van der Waals surface area contributed by atoms with Gasteiger partial charge in [-0.2, -0.15) is 0 Å². The number of esters is 1. The molecule has 1 aromatic carbocycles. The number of rotatable bonds is 6. The maximum Gasteiger partial charge on any atom is 0.331 e. The quantitative estimate of drug-likeness (QED) is 0.504. The summed E-state index contributed by atoms with van der Waals surface area (Å²) in [6.07, 6.45) is 2.22. The molecule has 9 heteroatoms. The van der Waals surface area contributed by atoms with Gasteiger partial charge in [0.2, 0.25) is 0 Å². The first-order valence-corrected chi connectivity index (χ1v) is 11.4. The first-order valence-electron chi connectivity index (χ1n) is 9.58. The monoisotopic (exact) mass is 423 g/mol. The van der Waals surface area contributed by atoms with Gasteiger partial charge in [-0.15, -0.1) is 0 Å². The van der Waals surface area contributed by atoms with Gasteiger partial charge in [0.1, 0.15) is 13.2 Å². The minimum Gasteiger partial charge on any atom is -0.486 e. The van der Waals surface area contributed by atoms with Crippen LogP contribution in [0.2, 0.25) is 0 Å². The second-order valence-corrected chi connectivity index (χ2v) is 9.23. The van der Waals surface area contributed by atoms with Crippen LogP contribution >= 0.6 is 0 Å². The number of hydrogen-bond acceptors (Lipinski definition) is 7. The largest absolute Gasteiger partial charge is 0.486 e. The molecule has 0 bridgehead atoms. The highest BCUT2D eigenvalue weighted by molar-refractivity contribution is 7.91. The molecule has 1 saturated heterocycles. The van der Waals surface area contributed by atoms with Crippen molar-refractivity contribution in [2.75, 3.05) is 31.3 Å². The maximum atomic E-state index is 12.6. The van der Waals surface area contributed by atoms with E-state index >= 15 is 0 Å². The lowest BCUT2D eigenvalue weighted by molar-refractivity contribution is -0.156. The van der Waals surface area contributed by atoms with Gasteiger partial charge in [-0.1, -0.05) is 6.07 Å². The number of sulfone groups is 1. The number of carbonyl (C=O) groups is 2. The fourth-order valence-corrected chi connectivity index (χ4v) is 5.17. The lowest BCUT2D eigenvalue weighted by Crippen LogP contribution is -2.46. The molecule has 29 heavy (non-hydrogen) atoms. The van der Waals surface area contributed by atoms with Crippen LogP contribution in [0, 0.1) is 0 Å². The summed E-state index contributed by atoms with van der Waals surface area (Å²) in [5.41, 5.74) is 0.733. The van der Waals surface area contributed by atoms with Crippen LogP contribution in [0.4, 0.5) is 0 Å². The van der Waals surface area contributed by atoms with Gasteiger partial charge in [-0.05, 0) is 44.0 Å². The lowest BCUT2D eigenvalue weighted by Gasteiger charge is -2.29. The number of ether oxygens (including phenoxy) is 3. The van der Waals surface area contributed by atoms with Gasteiger partial charge in [0.05, 0.1) is 11.5 Å². The number of hydrogen-bond donors (Lipinski definition) is 0. The molecule has 0 aromatic heterocycles. The molecule has 0 radical (unpaired) electrons. The van der Waals surface area contributed by atoms with Crippen molar-refractivity contribution in [2.45, 2.75) is 32.4 Å². The number of carbonyl (C=O) groups excluding carboxylic acids is 2. The van der Waals surface area contributed by atoms with E-state index in [1.54, 1.807) is 31.2 Å². The van der Waals surface area contributed by atoms with E-state index in [4.69, 9.17) is 14.2 Å². The molecule has 1 fully saturated rings. The van der Waals surface area contributed by atoms with Gasteiger partial charge < -0.3 is 19.1 Å². The van der Waals surface area contributed by atoms with E-state index in [-0.39, 0.29) is 17.5 Å². The summed E-state index contributed by atoms with van der Waals surface area (Å²) >= 11 is 0. The summed E-state index contributed by atoms with van der Waals surface area (Å²) in [4.78, 5) is 26.2. The Morgan fingerprint density at radius 1 is 1.28 bits per heavy atom. The summed E-state index contributed by atoms with van der Waals surface area (Å²) in [6.45, 7) is 4.59. The Hall–Kier alpha value is -2.55. The first-order chi connectivity index (χ1) is 13.8. The Labute approximate surface area is 170 Å². The fourth-order valence-electron chi connectivity index (χ4n) is 3.44. The molecule has 8 nitrogen and oxygen atoms in total. The minimum absolute atomic E-state index is 0.0444. The molecule has 0 N–H and O–H groups in total. The van der Waals surface area contributed by atoms with Gasteiger partial charge in [-0.25, -0.2) is 13.2 Å². The van der Waals surface area contributed by atoms with Crippen molar-refractivity contribution >= 4 is 27.8 Å². The predicted molar refractivity (Wildman–Crippen MR) is 106 cm³/mol. The highest BCUT2D eigenvalue weighted by Gasteiger charge is 2.36. The van der Waals surface area contributed by atoms with Gasteiger partial charge in [-0.3, -0.25) is 4.79 Å². The Morgan fingerprint density at radius 3 is 2.66 bits per heavy atom. The standard InChI is InChI=1S/C20H25NO7S/c1-3-21(16-8-11-29(24,25)13-16)20(23)14(2)28-19(22)7-5-15-4-6-17-18(12-15)27-10-9-26-17/h4-7,12,14,16H,3,8-11,13H2,1-2H3/b7-5+/t14-,16-/m0/s1. The Bertz CT molecular complexity index is 909. The summed E-state index contributed by atoms with van der Waals surface area (Å²) in [5.74, 6) is 0.251. The van der Waals surface area contributed by atoms with Gasteiger partial charge in [0.15, 0.2) is 27.4 Å². The number of amides is 1. The van der Waals surface area contributed by atoms with E-state index in [1.807, 2.05) is 0 Å². The predicted octanol–water partition coefficient (Wildman–Crippen LogP) is 1.44. The molecule has 2 aliphatic heterocycles. The highest BCUT2D eigenvalue weighted by Crippen LogP contribution is 2.31. The first kappa shape index (κ1) is 21.2. The summed E-state index contributed by atoms with van der Waals surface area (Å²) < 4.78 is 39.6. The smallest absolute Gasteiger partial charge is 0.331 e. The number of fused-ring (bicyclic) bond motifs is 1. The van der Waals surface area contributed by atoms with Crippen LogP contribution < -0.4 is 9.47 Å². The van der Waals surface area contributed by atoms with Gasteiger partial charge in [0.25, 0.3) is 5.91 Å². The number of benzene rings is 1. The van der Waals surface area contributed by atoms with E-state index in [1.165, 1.54) is 17.9 Å². The van der Waals surface area contributed by atoms with Crippen LogP contribution in [0.15, 0.2) is 24.3 Å².